The molecule has 1 heterocycles. The summed E-state index contributed by atoms with van der Waals surface area (Å²) in [6.45, 7) is 1.68. The molecule has 0 radical (unpaired) electrons. The zero-order valence-electron chi connectivity index (χ0n) is 8.72. The Labute approximate surface area is 101 Å². The number of hydrogen-bond donors (Lipinski definition) is 1. The number of benzene rings is 1. The van der Waals surface area contributed by atoms with Gasteiger partial charge in [0.1, 0.15) is 0 Å². The van der Waals surface area contributed by atoms with Crippen molar-refractivity contribution in [2.45, 2.75) is 19.4 Å². The molecule has 0 aliphatic carbocycles. The number of aliphatic hydroxyl groups excluding tert-OH is 1. The lowest BCUT2D eigenvalue weighted by Crippen LogP contribution is -2.04. The van der Waals surface area contributed by atoms with Crippen LogP contribution in [0.5, 0.6) is 0 Å². The van der Waals surface area contributed by atoms with Crippen LogP contribution in [-0.2, 0) is 6.42 Å². The van der Waals surface area contributed by atoms with Crippen molar-refractivity contribution in [1.82, 2.24) is 10.1 Å². The normalized spacial score (nSPS) is 12.7. The van der Waals surface area contributed by atoms with Gasteiger partial charge in [0.05, 0.1) is 12.5 Å². The molecule has 0 bridgehead atoms. The predicted octanol–water partition coefficient (Wildman–Crippen LogP) is 2.42. The highest BCUT2D eigenvalue weighted by atomic mass is 79.9. The van der Waals surface area contributed by atoms with Crippen LogP contribution in [0.1, 0.15) is 12.8 Å². The second kappa shape index (κ2) is 4.76. The highest BCUT2D eigenvalue weighted by Gasteiger charge is 2.10. The minimum absolute atomic E-state index is 0.379. The summed E-state index contributed by atoms with van der Waals surface area (Å²) in [5.74, 6) is 0.996. The van der Waals surface area contributed by atoms with Gasteiger partial charge in [-0.2, -0.15) is 4.98 Å². The molecule has 2 aromatic rings. The topological polar surface area (TPSA) is 59.2 Å². The van der Waals surface area contributed by atoms with E-state index in [-0.39, 0.29) is 0 Å². The zero-order valence-corrected chi connectivity index (χ0v) is 10.3. The van der Waals surface area contributed by atoms with Gasteiger partial charge >= 0.3 is 0 Å². The van der Waals surface area contributed by atoms with Crippen molar-refractivity contribution in [1.29, 1.82) is 0 Å². The average Bonchev–Trinajstić information content (AvgIpc) is 2.66. The van der Waals surface area contributed by atoms with Gasteiger partial charge in [0.15, 0.2) is 0 Å². The first-order valence-corrected chi connectivity index (χ1v) is 5.71. The average molecular weight is 283 g/mol. The summed E-state index contributed by atoms with van der Waals surface area (Å²) in [4.78, 5) is 4.20. The van der Waals surface area contributed by atoms with Crippen LogP contribution < -0.4 is 0 Å². The Balaban J connectivity index is 2.21. The summed E-state index contributed by atoms with van der Waals surface area (Å²) in [6.07, 6.45) is -0.0954. The van der Waals surface area contributed by atoms with Crippen molar-refractivity contribution >= 4 is 15.9 Å². The van der Waals surface area contributed by atoms with Gasteiger partial charge in [0.2, 0.25) is 11.7 Å². The monoisotopic (exact) mass is 282 g/mol. The first-order chi connectivity index (χ1) is 7.65. The molecular formula is C11H11BrN2O2. The van der Waals surface area contributed by atoms with Crippen LogP contribution >= 0.6 is 15.9 Å². The maximum Gasteiger partial charge on any atom is 0.229 e. The fraction of sp³-hybridized carbons (Fsp3) is 0.273. The lowest BCUT2D eigenvalue weighted by molar-refractivity contribution is 0.181. The molecule has 84 valence electrons. The summed E-state index contributed by atoms with van der Waals surface area (Å²) in [5, 5.41) is 13.0. The standard InChI is InChI=1S/C11H11BrN2O2/c1-7(15)6-10-13-11(14-16-10)8-2-4-9(12)5-3-8/h2-5,7,15H,6H2,1H3. The largest absolute Gasteiger partial charge is 0.393 e. The summed E-state index contributed by atoms with van der Waals surface area (Å²) in [6, 6.07) is 7.64. The number of hydrogen-bond acceptors (Lipinski definition) is 4. The van der Waals surface area contributed by atoms with Gasteiger partial charge in [-0.3, -0.25) is 0 Å². The van der Waals surface area contributed by atoms with E-state index in [2.05, 4.69) is 26.1 Å². The van der Waals surface area contributed by atoms with Gasteiger partial charge < -0.3 is 9.63 Å². The number of nitrogens with zero attached hydrogens (tertiary/aromatic N) is 2. The fourth-order valence-electron chi connectivity index (χ4n) is 1.31. The molecule has 1 N–H and O–H groups in total. The molecule has 0 saturated heterocycles. The molecule has 0 spiro atoms. The van der Waals surface area contributed by atoms with Crippen LogP contribution in [0.3, 0.4) is 0 Å². The summed E-state index contributed by atoms with van der Waals surface area (Å²) in [5.41, 5.74) is 0.892. The third-order valence-electron chi connectivity index (χ3n) is 2.04. The quantitative estimate of drug-likeness (QED) is 0.939. The van der Waals surface area contributed by atoms with Crippen molar-refractivity contribution in [3.8, 4) is 11.4 Å². The molecule has 2 rings (SSSR count). The smallest absolute Gasteiger partial charge is 0.229 e. The maximum atomic E-state index is 9.19. The first-order valence-electron chi connectivity index (χ1n) is 4.92. The highest BCUT2D eigenvalue weighted by molar-refractivity contribution is 9.10. The minimum atomic E-state index is -0.474. The second-order valence-electron chi connectivity index (χ2n) is 3.57. The third-order valence-corrected chi connectivity index (χ3v) is 2.57. The lowest BCUT2D eigenvalue weighted by Gasteiger charge is -1.96. The highest BCUT2D eigenvalue weighted by Crippen LogP contribution is 2.19. The van der Waals surface area contributed by atoms with E-state index < -0.39 is 6.10 Å². The van der Waals surface area contributed by atoms with Gasteiger partial charge in [0.25, 0.3) is 0 Å². The molecule has 0 fully saturated rings. The lowest BCUT2D eigenvalue weighted by atomic mass is 10.2. The predicted molar refractivity (Wildman–Crippen MR) is 62.8 cm³/mol. The van der Waals surface area contributed by atoms with Crippen molar-refractivity contribution in [3.05, 3.63) is 34.6 Å². The maximum absolute atomic E-state index is 9.19. The van der Waals surface area contributed by atoms with Crippen molar-refractivity contribution in [2.24, 2.45) is 0 Å². The van der Waals surface area contributed by atoms with Crippen LogP contribution in [0, 0.1) is 0 Å². The van der Waals surface area contributed by atoms with Crippen LogP contribution in [0.4, 0.5) is 0 Å². The van der Waals surface area contributed by atoms with Crippen LogP contribution in [-0.4, -0.2) is 21.4 Å². The Morgan fingerprint density at radius 3 is 2.69 bits per heavy atom. The van der Waals surface area contributed by atoms with E-state index in [9.17, 15) is 5.11 Å². The number of rotatable bonds is 3. The Morgan fingerprint density at radius 1 is 1.38 bits per heavy atom. The summed E-state index contributed by atoms with van der Waals surface area (Å²) >= 11 is 3.36. The SMILES string of the molecule is CC(O)Cc1nc(-c2ccc(Br)cc2)no1. The number of aromatic nitrogens is 2. The van der Waals surface area contributed by atoms with Crippen LogP contribution in [0.25, 0.3) is 11.4 Å². The summed E-state index contributed by atoms with van der Waals surface area (Å²) in [7, 11) is 0. The Kier molecular flexibility index (Phi) is 3.36. The molecule has 1 atom stereocenters. The minimum Gasteiger partial charge on any atom is -0.393 e. The van der Waals surface area contributed by atoms with E-state index in [0.29, 0.717) is 18.1 Å². The Hall–Kier alpha value is -1.20. The van der Waals surface area contributed by atoms with Crippen LogP contribution in [0.15, 0.2) is 33.3 Å². The van der Waals surface area contributed by atoms with E-state index in [1.54, 1.807) is 6.92 Å². The second-order valence-corrected chi connectivity index (χ2v) is 4.49. The van der Waals surface area contributed by atoms with E-state index in [0.717, 1.165) is 10.0 Å². The van der Waals surface area contributed by atoms with Crippen molar-refractivity contribution in [3.63, 3.8) is 0 Å². The number of aliphatic hydroxyl groups is 1. The van der Waals surface area contributed by atoms with Gasteiger partial charge in [-0.05, 0) is 31.2 Å². The molecule has 16 heavy (non-hydrogen) atoms. The molecule has 4 nitrogen and oxygen atoms in total. The van der Waals surface area contributed by atoms with E-state index >= 15 is 0 Å². The molecule has 0 amide bonds. The van der Waals surface area contributed by atoms with Gasteiger partial charge in [-0.25, -0.2) is 0 Å². The molecular weight excluding hydrogens is 272 g/mol. The van der Waals surface area contributed by atoms with Crippen molar-refractivity contribution < 1.29 is 9.63 Å². The van der Waals surface area contributed by atoms with Gasteiger partial charge in [-0.15, -0.1) is 0 Å². The molecule has 0 aliphatic rings. The van der Waals surface area contributed by atoms with E-state index in [1.807, 2.05) is 24.3 Å². The molecule has 1 aromatic heterocycles. The molecule has 1 aromatic carbocycles. The first kappa shape index (κ1) is 11.3. The van der Waals surface area contributed by atoms with Gasteiger partial charge in [0, 0.05) is 10.0 Å². The Morgan fingerprint density at radius 2 is 2.06 bits per heavy atom. The van der Waals surface area contributed by atoms with Crippen molar-refractivity contribution in [2.75, 3.05) is 0 Å². The molecule has 1 unspecified atom stereocenters. The summed E-state index contributed by atoms with van der Waals surface area (Å²) < 4.78 is 6.03. The molecule has 5 heteroatoms. The molecule has 0 aliphatic heterocycles. The molecule has 0 saturated carbocycles. The fourth-order valence-corrected chi connectivity index (χ4v) is 1.57. The van der Waals surface area contributed by atoms with Crippen LogP contribution in [0.2, 0.25) is 0 Å². The zero-order chi connectivity index (χ0) is 11.5. The van der Waals surface area contributed by atoms with E-state index in [4.69, 9.17) is 4.52 Å². The third kappa shape index (κ3) is 2.68. The van der Waals surface area contributed by atoms with E-state index in [1.165, 1.54) is 0 Å². The van der Waals surface area contributed by atoms with Gasteiger partial charge in [-0.1, -0.05) is 21.1 Å². The Bertz CT molecular complexity index is 465. The number of halogens is 1.